The maximum absolute atomic E-state index is 13.1. The topological polar surface area (TPSA) is 111 Å². The first-order chi connectivity index (χ1) is 15.2. The summed E-state index contributed by atoms with van der Waals surface area (Å²) in [6.07, 6.45) is 5.14. The van der Waals surface area contributed by atoms with Crippen LogP contribution in [0.25, 0.3) is 0 Å². The number of hydrogen-bond acceptors (Lipinski definition) is 8. The molecule has 1 fully saturated rings. The molecule has 0 aromatic carbocycles. The fraction of sp³-hybridized carbons (Fsp3) is 0.652. The summed E-state index contributed by atoms with van der Waals surface area (Å²) in [5.74, 6) is -4.02. The van der Waals surface area contributed by atoms with Gasteiger partial charge < -0.3 is 24.4 Å². The Labute approximate surface area is 189 Å². The Hall–Kier alpha value is -2.84. The van der Waals surface area contributed by atoms with Gasteiger partial charge in [0.2, 0.25) is 0 Å². The molecule has 2 aliphatic rings. The molecule has 0 radical (unpaired) electrons. The molecule has 1 aliphatic carbocycles. The van der Waals surface area contributed by atoms with Crippen molar-refractivity contribution in [2.45, 2.75) is 65.8 Å². The lowest BCUT2D eigenvalue weighted by Crippen LogP contribution is -2.42. The number of likely N-dealkylation sites (N-methyl/N-ethyl adjacent to an activating group) is 1. The second-order valence-electron chi connectivity index (χ2n) is 7.98. The average Bonchev–Trinajstić information content (AvgIpc) is 2.76. The van der Waals surface area contributed by atoms with Crippen molar-refractivity contribution in [2.24, 2.45) is 5.92 Å². The van der Waals surface area contributed by atoms with E-state index in [0.29, 0.717) is 11.4 Å². The molecule has 0 saturated heterocycles. The van der Waals surface area contributed by atoms with Gasteiger partial charge in [0.15, 0.2) is 6.61 Å². The zero-order valence-electron chi connectivity index (χ0n) is 19.6. The van der Waals surface area contributed by atoms with Crippen molar-refractivity contribution in [2.75, 3.05) is 26.9 Å². The second-order valence-corrected chi connectivity index (χ2v) is 7.98. The van der Waals surface area contributed by atoms with Crippen LogP contribution in [0.4, 0.5) is 0 Å². The van der Waals surface area contributed by atoms with Gasteiger partial charge in [0, 0.05) is 24.5 Å². The van der Waals surface area contributed by atoms with E-state index < -0.39 is 30.4 Å². The predicted octanol–water partition coefficient (Wildman–Crippen LogP) is 2.21. The van der Waals surface area contributed by atoms with E-state index in [9.17, 15) is 19.2 Å². The number of esters is 3. The fourth-order valence-corrected chi connectivity index (χ4v) is 4.18. The monoisotopic (exact) mass is 450 g/mol. The van der Waals surface area contributed by atoms with Gasteiger partial charge in [-0.1, -0.05) is 19.3 Å². The summed E-state index contributed by atoms with van der Waals surface area (Å²) in [6, 6.07) is 0.128. The van der Waals surface area contributed by atoms with Gasteiger partial charge in [0.05, 0.1) is 24.4 Å². The summed E-state index contributed by atoms with van der Waals surface area (Å²) in [5.41, 5.74) is 0.695. The number of carbonyl (C=O) groups is 4. The van der Waals surface area contributed by atoms with Crippen molar-refractivity contribution in [3.05, 3.63) is 22.5 Å². The normalized spacial score (nSPS) is 17.5. The van der Waals surface area contributed by atoms with Crippen LogP contribution in [0.3, 0.4) is 0 Å². The SMILES string of the molecule is CCOC(=O)C1=C(C)NC(C)=C(C(=O)OCC)C1C(=O)OCC(=O)N(C)C1CCCCC1. The highest BCUT2D eigenvalue weighted by Gasteiger charge is 2.42. The summed E-state index contributed by atoms with van der Waals surface area (Å²) in [4.78, 5) is 52.6. The number of nitrogens with zero attached hydrogens (tertiary/aromatic N) is 1. The van der Waals surface area contributed by atoms with Crippen molar-refractivity contribution in [1.29, 1.82) is 0 Å². The van der Waals surface area contributed by atoms with Gasteiger partial charge >= 0.3 is 17.9 Å². The van der Waals surface area contributed by atoms with E-state index in [2.05, 4.69) is 5.32 Å². The van der Waals surface area contributed by atoms with Crippen LogP contribution < -0.4 is 5.32 Å². The van der Waals surface area contributed by atoms with Gasteiger partial charge in [-0.3, -0.25) is 9.59 Å². The maximum atomic E-state index is 13.1. The number of ether oxygens (including phenoxy) is 3. The fourth-order valence-electron chi connectivity index (χ4n) is 4.18. The van der Waals surface area contributed by atoms with E-state index in [1.807, 2.05) is 0 Å². The van der Waals surface area contributed by atoms with Gasteiger partial charge in [-0.15, -0.1) is 0 Å². The molecule has 1 aliphatic heterocycles. The van der Waals surface area contributed by atoms with Gasteiger partial charge in [-0.25, -0.2) is 9.59 Å². The minimum Gasteiger partial charge on any atom is -0.463 e. The van der Waals surface area contributed by atoms with E-state index in [1.54, 1.807) is 39.6 Å². The lowest BCUT2D eigenvalue weighted by Gasteiger charge is -2.31. The second kappa shape index (κ2) is 11.7. The summed E-state index contributed by atoms with van der Waals surface area (Å²) < 4.78 is 15.5. The van der Waals surface area contributed by atoms with E-state index in [0.717, 1.165) is 32.1 Å². The molecular formula is C23H34N2O7. The number of carbonyl (C=O) groups excluding carboxylic acids is 4. The maximum Gasteiger partial charge on any atom is 0.337 e. The van der Waals surface area contributed by atoms with Gasteiger partial charge in [-0.05, 0) is 40.5 Å². The van der Waals surface area contributed by atoms with Crippen molar-refractivity contribution in [3.63, 3.8) is 0 Å². The molecule has 0 bridgehead atoms. The molecule has 32 heavy (non-hydrogen) atoms. The minimum atomic E-state index is -1.35. The van der Waals surface area contributed by atoms with Crippen molar-refractivity contribution < 1.29 is 33.4 Å². The third-order valence-corrected chi connectivity index (χ3v) is 5.84. The Morgan fingerprint density at radius 2 is 1.38 bits per heavy atom. The zero-order valence-corrected chi connectivity index (χ0v) is 19.6. The Morgan fingerprint density at radius 3 is 1.84 bits per heavy atom. The summed E-state index contributed by atoms with van der Waals surface area (Å²) in [6.45, 7) is 6.23. The first-order valence-electron chi connectivity index (χ1n) is 11.2. The molecule has 1 saturated carbocycles. The molecular weight excluding hydrogens is 416 g/mol. The summed E-state index contributed by atoms with van der Waals surface area (Å²) >= 11 is 0. The van der Waals surface area contributed by atoms with E-state index in [4.69, 9.17) is 14.2 Å². The Bertz CT molecular complexity index is 769. The highest BCUT2D eigenvalue weighted by molar-refractivity contribution is 6.05. The molecule has 1 amide bonds. The van der Waals surface area contributed by atoms with E-state index >= 15 is 0 Å². The third kappa shape index (κ3) is 5.89. The first kappa shape index (κ1) is 25.4. The Kier molecular flexibility index (Phi) is 9.28. The van der Waals surface area contributed by atoms with Gasteiger partial charge in [-0.2, -0.15) is 0 Å². The van der Waals surface area contributed by atoms with Crippen LogP contribution in [0.5, 0.6) is 0 Å². The van der Waals surface area contributed by atoms with Crippen LogP contribution in [-0.2, 0) is 33.4 Å². The molecule has 0 unspecified atom stereocenters. The first-order valence-corrected chi connectivity index (χ1v) is 11.2. The summed E-state index contributed by atoms with van der Waals surface area (Å²) in [7, 11) is 1.71. The van der Waals surface area contributed by atoms with Crippen LogP contribution in [0.15, 0.2) is 22.5 Å². The smallest absolute Gasteiger partial charge is 0.337 e. The van der Waals surface area contributed by atoms with Crippen LogP contribution >= 0.6 is 0 Å². The molecule has 9 nitrogen and oxygen atoms in total. The number of nitrogens with one attached hydrogen (secondary N) is 1. The van der Waals surface area contributed by atoms with Gasteiger partial charge in [0.25, 0.3) is 5.91 Å². The number of rotatable bonds is 8. The van der Waals surface area contributed by atoms with Crippen LogP contribution in [-0.4, -0.2) is 61.6 Å². The quantitative estimate of drug-likeness (QED) is 0.443. The number of dihydropyridines is 1. The highest BCUT2D eigenvalue weighted by Crippen LogP contribution is 2.32. The van der Waals surface area contributed by atoms with Crippen LogP contribution in [0.1, 0.15) is 59.8 Å². The van der Waals surface area contributed by atoms with E-state index in [1.165, 1.54) is 0 Å². The van der Waals surface area contributed by atoms with E-state index in [-0.39, 0.29) is 36.3 Å². The molecule has 0 atom stereocenters. The number of amides is 1. The Balaban J connectivity index is 2.24. The van der Waals surface area contributed by atoms with Crippen LogP contribution in [0, 0.1) is 5.92 Å². The molecule has 1 heterocycles. The molecule has 2 rings (SSSR count). The lowest BCUT2D eigenvalue weighted by atomic mass is 9.85. The summed E-state index contributed by atoms with van der Waals surface area (Å²) in [5, 5.41) is 2.94. The lowest BCUT2D eigenvalue weighted by molar-refractivity contribution is -0.156. The molecule has 1 N–H and O–H groups in total. The molecule has 9 heteroatoms. The third-order valence-electron chi connectivity index (χ3n) is 5.84. The molecule has 178 valence electrons. The minimum absolute atomic E-state index is 0.0291. The molecule has 0 aromatic rings. The molecule has 0 spiro atoms. The van der Waals surface area contributed by atoms with Crippen molar-refractivity contribution in [3.8, 4) is 0 Å². The molecule has 0 aromatic heterocycles. The predicted molar refractivity (Wildman–Crippen MR) is 116 cm³/mol. The largest absolute Gasteiger partial charge is 0.463 e. The van der Waals surface area contributed by atoms with Gasteiger partial charge in [0.1, 0.15) is 5.92 Å². The zero-order chi connectivity index (χ0) is 23.8. The van der Waals surface area contributed by atoms with Crippen molar-refractivity contribution >= 4 is 23.8 Å². The standard InChI is InChI=1S/C23H34N2O7/c1-6-30-21(27)18-14(3)24-15(4)19(22(28)31-7-2)20(18)23(29)32-13-17(26)25(5)16-11-9-8-10-12-16/h16,20,24H,6-13H2,1-5H3. The number of hydrogen-bond donors (Lipinski definition) is 1. The Morgan fingerprint density at radius 1 is 0.875 bits per heavy atom. The number of allylic oxidation sites excluding steroid dienone is 2. The average molecular weight is 451 g/mol. The van der Waals surface area contributed by atoms with Crippen LogP contribution in [0.2, 0.25) is 0 Å². The highest BCUT2D eigenvalue weighted by atomic mass is 16.5. The van der Waals surface area contributed by atoms with Crippen molar-refractivity contribution in [1.82, 2.24) is 10.2 Å².